The molecule has 1 aromatic carbocycles. The van der Waals surface area contributed by atoms with Crippen LogP contribution in [0.4, 0.5) is 0 Å². The average Bonchev–Trinajstić information content (AvgIpc) is 2.79. The van der Waals surface area contributed by atoms with Gasteiger partial charge in [0, 0.05) is 39.3 Å². The average molecular weight is 546 g/mol. The molecule has 2 aliphatic rings. The fourth-order valence-corrected chi connectivity index (χ4v) is 3.88. The highest BCUT2D eigenvalue weighted by Crippen LogP contribution is 2.14. The lowest BCUT2D eigenvalue weighted by atomic mass is 10.1. The second-order valence-corrected chi connectivity index (χ2v) is 7.97. The Bertz CT molecular complexity index is 634. The topological polar surface area (TPSA) is 61.4 Å². The van der Waals surface area contributed by atoms with Gasteiger partial charge in [-0.15, -0.1) is 24.0 Å². The Kier molecular flexibility index (Phi) is 13.2. The van der Waals surface area contributed by atoms with Gasteiger partial charge in [0.15, 0.2) is 5.96 Å². The molecule has 1 aromatic rings. The molecular weight excluding hydrogens is 505 g/mol. The van der Waals surface area contributed by atoms with Crippen molar-refractivity contribution in [2.75, 3.05) is 72.2 Å². The Morgan fingerprint density at radius 3 is 2.58 bits per heavy atom. The highest BCUT2D eigenvalue weighted by atomic mass is 127. The quantitative estimate of drug-likeness (QED) is 0.268. The molecule has 2 fully saturated rings. The molecule has 31 heavy (non-hydrogen) atoms. The minimum atomic E-state index is 0. The van der Waals surface area contributed by atoms with Gasteiger partial charge in [-0.25, -0.2) is 4.99 Å². The summed E-state index contributed by atoms with van der Waals surface area (Å²) in [6.07, 6.45) is 4.04. The van der Waals surface area contributed by atoms with Gasteiger partial charge in [0.25, 0.3) is 0 Å². The number of likely N-dealkylation sites (tertiary alicyclic amines) is 1. The van der Waals surface area contributed by atoms with Crippen molar-refractivity contribution in [3.8, 4) is 5.75 Å². The van der Waals surface area contributed by atoms with Crippen molar-refractivity contribution in [1.29, 1.82) is 0 Å². The molecule has 2 saturated heterocycles. The Labute approximate surface area is 205 Å². The highest BCUT2D eigenvalue weighted by Gasteiger charge is 2.10. The van der Waals surface area contributed by atoms with Crippen LogP contribution in [0.5, 0.6) is 5.75 Å². The summed E-state index contributed by atoms with van der Waals surface area (Å²) in [5.74, 6) is 1.80. The van der Waals surface area contributed by atoms with E-state index in [9.17, 15) is 0 Å². The number of piperidine rings is 1. The second-order valence-electron chi connectivity index (χ2n) is 7.97. The third-order valence-electron chi connectivity index (χ3n) is 5.61. The number of morpholine rings is 1. The molecule has 2 aliphatic heterocycles. The van der Waals surface area contributed by atoms with Gasteiger partial charge in [-0.3, -0.25) is 4.90 Å². The molecule has 0 unspecified atom stereocenters. The van der Waals surface area contributed by atoms with Gasteiger partial charge in [0.1, 0.15) is 12.4 Å². The summed E-state index contributed by atoms with van der Waals surface area (Å²) in [7, 11) is 0. The van der Waals surface area contributed by atoms with Crippen LogP contribution in [-0.4, -0.2) is 87.9 Å². The maximum absolute atomic E-state index is 5.97. The lowest BCUT2D eigenvalue weighted by molar-refractivity contribution is 0.0322. The molecule has 0 atom stereocenters. The van der Waals surface area contributed by atoms with E-state index in [4.69, 9.17) is 14.5 Å². The first-order valence-electron chi connectivity index (χ1n) is 11.6. The van der Waals surface area contributed by atoms with E-state index in [0.29, 0.717) is 13.2 Å². The minimum absolute atomic E-state index is 0. The summed E-state index contributed by atoms with van der Waals surface area (Å²) in [5, 5.41) is 6.82. The zero-order valence-corrected chi connectivity index (χ0v) is 21.3. The van der Waals surface area contributed by atoms with Gasteiger partial charge in [-0.2, -0.15) is 0 Å². The van der Waals surface area contributed by atoms with E-state index < -0.39 is 0 Å². The predicted molar refractivity (Wildman–Crippen MR) is 138 cm³/mol. The molecule has 8 heteroatoms. The maximum Gasteiger partial charge on any atom is 0.191 e. The van der Waals surface area contributed by atoms with E-state index >= 15 is 0 Å². The first kappa shape index (κ1) is 26.2. The summed E-state index contributed by atoms with van der Waals surface area (Å²) in [6, 6.07) is 8.27. The fourth-order valence-electron chi connectivity index (χ4n) is 3.88. The molecule has 0 radical (unpaired) electrons. The first-order chi connectivity index (χ1) is 14.8. The number of benzene rings is 1. The molecule has 2 N–H and O–H groups in total. The van der Waals surface area contributed by atoms with Gasteiger partial charge >= 0.3 is 0 Å². The summed E-state index contributed by atoms with van der Waals surface area (Å²) in [5.41, 5.74) is 1.16. The highest BCUT2D eigenvalue weighted by molar-refractivity contribution is 14.0. The molecule has 2 heterocycles. The van der Waals surface area contributed by atoms with E-state index in [0.717, 1.165) is 69.8 Å². The van der Waals surface area contributed by atoms with Crippen LogP contribution in [0.3, 0.4) is 0 Å². The van der Waals surface area contributed by atoms with E-state index in [2.05, 4.69) is 39.5 Å². The van der Waals surface area contributed by atoms with Crippen molar-refractivity contribution in [2.45, 2.75) is 32.7 Å². The molecule has 0 aromatic heterocycles. The molecule has 7 nitrogen and oxygen atoms in total. The van der Waals surface area contributed by atoms with Crippen LogP contribution in [0.2, 0.25) is 0 Å². The number of nitrogens with zero attached hydrogens (tertiary/aromatic N) is 3. The monoisotopic (exact) mass is 545 g/mol. The second kappa shape index (κ2) is 15.7. The molecule has 0 amide bonds. The van der Waals surface area contributed by atoms with Gasteiger partial charge in [0.2, 0.25) is 0 Å². The van der Waals surface area contributed by atoms with E-state index in [1.54, 1.807) is 0 Å². The molecule has 3 rings (SSSR count). The van der Waals surface area contributed by atoms with E-state index in [-0.39, 0.29) is 24.0 Å². The van der Waals surface area contributed by atoms with Crippen LogP contribution in [0, 0.1) is 0 Å². The number of hydrogen-bond acceptors (Lipinski definition) is 5. The number of hydrogen-bond donors (Lipinski definition) is 2. The smallest absolute Gasteiger partial charge is 0.191 e. The maximum atomic E-state index is 5.97. The molecule has 0 aliphatic carbocycles. The Morgan fingerprint density at radius 2 is 1.81 bits per heavy atom. The van der Waals surface area contributed by atoms with Crippen LogP contribution < -0.4 is 15.4 Å². The van der Waals surface area contributed by atoms with Crippen LogP contribution in [0.15, 0.2) is 29.3 Å². The Hall–Kier alpha value is -1.10. The molecule has 0 saturated carbocycles. The van der Waals surface area contributed by atoms with Crippen molar-refractivity contribution in [1.82, 2.24) is 20.4 Å². The van der Waals surface area contributed by atoms with Crippen molar-refractivity contribution in [3.63, 3.8) is 0 Å². The lowest BCUT2D eigenvalue weighted by Gasteiger charge is -2.26. The van der Waals surface area contributed by atoms with Crippen molar-refractivity contribution in [2.24, 2.45) is 4.99 Å². The number of rotatable bonds is 10. The van der Waals surface area contributed by atoms with Crippen LogP contribution in [0.25, 0.3) is 0 Å². The predicted octanol–water partition coefficient (Wildman–Crippen LogP) is 2.56. The van der Waals surface area contributed by atoms with Crippen molar-refractivity contribution in [3.05, 3.63) is 29.8 Å². The molecule has 176 valence electrons. The zero-order valence-electron chi connectivity index (χ0n) is 19.0. The summed E-state index contributed by atoms with van der Waals surface area (Å²) < 4.78 is 11.4. The number of guanidine groups is 1. The summed E-state index contributed by atoms with van der Waals surface area (Å²) in [6.45, 7) is 13.4. The summed E-state index contributed by atoms with van der Waals surface area (Å²) >= 11 is 0. The SMILES string of the molecule is CCNC(=NCc1cccc(OCCN2CCOCC2)c1)NCCN1CCCCC1.I. The Balaban J connectivity index is 0.00000341. The van der Waals surface area contributed by atoms with Crippen LogP contribution in [-0.2, 0) is 11.3 Å². The normalized spacial score (nSPS) is 18.3. The third kappa shape index (κ3) is 10.4. The first-order valence-corrected chi connectivity index (χ1v) is 11.6. The largest absolute Gasteiger partial charge is 0.492 e. The molecular formula is C23H40IN5O2. The zero-order chi connectivity index (χ0) is 20.9. The molecule has 0 bridgehead atoms. The number of aliphatic imine (C=N–C) groups is 1. The standard InChI is InChI=1S/C23H39N5O2.HI/c1-2-24-23(25-9-12-27-10-4-3-5-11-27)26-20-21-7-6-8-22(19-21)30-18-15-28-13-16-29-17-14-28;/h6-8,19H,2-5,9-18,20H2,1H3,(H2,24,25,26);1H. The van der Waals surface area contributed by atoms with Gasteiger partial charge in [-0.05, 0) is 50.6 Å². The van der Waals surface area contributed by atoms with Crippen molar-refractivity contribution >= 4 is 29.9 Å². The number of nitrogens with one attached hydrogen (secondary N) is 2. The van der Waals surface area contributed by atoms with Crippen LogP contribution in [0.1, 0.15) is 31.7 Å². The number of ether oxygens (including phenoxy) is 2. The van der Waals surface area contributed by atoms with Gasteiger partial charge in [-0.1, -0.05) is 18.6 Å². The van der Waals surface area contributed by atoms with E-state index in [1.165, 1.54) is 32.4 Å². The molecule has 0 spiro atoms. The lowest BCUT2D eigenvalue weighted by Crippen LogP contribution is -2.42. The Morgan fingerprint density at radius 1 is 1.03 bits per heavy atom. The van der Waals surface area contributed by atoms with E-state index in [1.807, 2.05) is 12.1 Å². The minimum Gasteiger partial charge on any atom is -0.492 e. The van der Waals surface area contributed by atoms with Crippen molar-refractivity contribution < 1.29 is 9.47 Å². The van der Waals surface area contributed by atoms with Gasteiger partial charge < -0.3 is 25.0 Å². The summed E-state index contributed by atoms with van der Waals surface area (Å²) in [4.78, 5) is 9.68. The fraction of sp³-hybridized carbons (Fsp3) is 0.696. The third-order valence-corrected chi connectivity index (χ3v) is 5.61. The van der Waals surface area contributed by atoms with Gasteiger partial charge in [0.05, 0.1) is 19.8 Å². The number of halogens is 1. The van der Waals surface area contributed by atoms with Crippen LogP contribution >= 0.6 is 24.0 Å².